The highest BCUT2D eigenvalue weighted by Crippen LogP contribution is 2.30. The molecule has 0 spiro atoms. The van der Waals surface area contributed by atoms with Gasteiger partial charge in [0.25, 0.3) is 0 Å². The summed E-state index contributed by atoms with van der Waals surface area (Å²) in [4.78, 5) is 17.3. The number of methoxy groups -OCH3 is 1. The Morgan fingerprint density at radius 3 is 2.58 bits per heavy atom. The number of piperidine rings is 1. The summed E-state index contributed by atoms with van der Waals surface area (Å²) in [5, 5.41) is 0. The Bertz CT molecular complexity index is 581. The fourth-order valence-electron chi connectivity index (χ4n) is 4.66. The number of likely N-dealkylation sites (tertiary alicyclic amines) is 2. The molecule has 2 fully saturated rings. The molecule has 0 aromatic heterocycles. The highest BCUT2D eigenvalue weighted by Gasteiger charge is 2.33. The molecule has 26 heavy (non-hydrogen) atoms. The molecule has 0 aliphatic carbocycles. The van der Waals surface area contributed by atoms with Crippen molar-refractivity contribution in [3.8, 4) is 0 Å². The maximum Gasteiger partial charge on any atom is 0.248 e. The molecular weight excluding hydrogens is 324 g/mol. The summed E-state index contributed by atoms with van der Waals surface area (Å²) in [5.74, 6) is 0.823. The first-order valence-electron chi connectivity index (χ1n) is 10.2. The molecule has 0 bridgehead atoms. The molecule has 1 aromatic carbocycles. The van der Waals surface area contributed by atoms with Crippen molar-refractivity contribution in [1.82, 2.24) is 9.80 Å². The summed E-state index contributed by atoms with van der Waals surface area (Å²) in [6.07, 6.45) is 7.21. The number of benzene rings is 1. The minimum atomic E-state index is 0.182. The maximum absolute atomic E-state index is 12.5. The number of rotatable bonds is 5. The summed E-state index contributed by atoms with van der Waals surface area (Å²) in [7, 11) is 1.62. The number of ether oxygens (including phenoxy) is 1. The molecule has 2 saturated heterocycles. The van der Waals surface area contributed by atoms with Crippen molar-refractivity contribution < 1.29 is 9.53 Å². The van der Waals surface area contributed by atoms with Gasteiger partial charge in [-0.3, -0.25) is 9.69 Å². The van der Waals surface area contributed by atoms with E-state index < -0.39 is 0 Å². The topological polar surface area (TPSA) is 32.8 Å². The van der Waals surface area contributed by atoms with Crippen molar-refractivity contribution in [2.24, 2.45) is 5.92 Å². The Morgan fingerprint density at radius 1 is 1.08 bits per heavy atom. The van der Waals surface area contributed by atoms with Crippen LogP contribution in [0.1, 0.15) is 49.7 Å². The molecule has 0 N–H and O–H groups in total. The molecule has 2 heterocycles. The first-order valence-corrected chi connectivity index (χ1v) is 10.2. The van der Waals surface area contributed by atoms with Crippen molar-refractivity contribution in [1.29, 1.82) is 0 Å². The largest absolute Gasteiger partial charge is 0.375 e. The predicted molar refractivity (Wildman–Crippen MR) is 105 cm³/mol. The minimum Gasteiger partial charge on any atom is -0.375 e. The third kappa shape index (κ3) is 4.86. The molecule has 0 radical (unpaired) electrons. The number of aryl methyl sites for hydroxylation is 1. The van der Waals surface area contributed by atoms with E-state index in [1.54, 1.807) is 7.11 Å². The van der Waals surface area contributed by atoms with Crippen LogP contribution in [0.3, 0.4) is 0 Å². The number of carbonyl (C=O) groups excluding carboxylic acids is 1. The summed E-state index contributed by atoms with van der Waals surface area (Å²) in [6, 6.07) is 9.12. The summed E-state index contributed by atoms with van der Waals surface area (Å²) < 4.78 is 5.13. The van der Waals surface area contributed by atoms with Crippen molar-refractivity contribution in [3.05, 3.63) is 35.4 Å². The van der Waals surface area contributed by atoms with Crippen LogP contribution in [0.2, 0.25) is 0 Å². The van der Waals surface area contributed by atoms with Crippen LogP contribution in [0.15, 0.2) is 24.3 Å². The highest BCUT2D eigenvalue weighted by atomic mass is 16.5. The number of carbonyl (C=O) groups is 1. The van der Waals surface area contributed by atoms with Crippen molar-refractivity contribution in [2.75, 3.05) is 33.4 Å². The average molecular weight is 359 g/mol. The monoisotopic (exact) mass is 358 g/mol. The van der Waals surface area contributed by atoms with Gasteiger partial charge >= 0.3 is 0 Å². The smallest absolute Gasteiger partial charge is 0.248 e. The Morgan fingerprint density at radius 2 is 1.85 bits per heavy atom. The van der Waals surface area contributed by atoms with Gasteiger partial charge in [0.15, 0.2) is 0 Å². The number of nitrogens with zero attached hydrogens (tertiary/aromatic N) is 2. The van der Waals surface area contributed by atoms with E-state index in [0.29, 0.717) is 12.0 Å². The molecule has 4 nitrogen and oxygen atoms in total. The van der Waals surface area contributed by atoms with Crippen LogP contribution in [0.25, 0.3) is 0 Å². The molecule has 3 rings (SSSR count). The van der Waals surface area contributed by atoms with E-state index in [9.17, 15) is 4.79 Å². The van der Waals surface area contributed by atoms with Crippen LogP contribution in [-0.4, -0.2) is 55.1 Å². The van der Waals surface area contributed by atoms with Crippen LogP contribution in [-0.2, 0) is 16.1 Å². The van der Waals surface area contributed by atoms with Gasteiger partial charge in [-0.05, 0) is 62.7 Å². The van der Waals surface area contributed by atoms with E-state index in [1.807, 2.05) is 0 Å². The lowest BCUT2D eigenvalue weighted by Crippen LogP contribution is -2.48. The van der Waals surface area contributed by atoms with Gasteiger partial charge in [0, 0.05) is 26.2 Å². The summed E-state index contributed by atoms with van der Waals surface area (Å²) in [6.45, 7) is 6.67. The van der Waals surface area contributed by atoms with E-state index in [4.69, 9.17) is 4.74 Å². The molecule has 2 aliphatic heterocycles. The van der Waals surface area contributed by atoms with Crippen molar-refractivity contribution in [3.63, 3.8) is 0 Å². The Labute approximate surface area is 158 Å². The highest BCUT2D eigenvalue weighted by molar-refractivity contribution is 5.77. The normalized spacial score (nSPS) is 23.0. The average Bonchev–Trinajstić information content (AvgIpc) is 2.91. The number of amides is 1. The lowest BCUT2D eigenvalue weighted by atomic mass is 9.86. The molecule has 1 aromatic rings. The fraction of sp³-hybridized carbons (Fsp3) is 0.682. The summed E-state index contributed by atoms with van der Waals surface area (Å²) in [5.41, 5.74) is 2.83. The van der Waals surface area contributed by atoms with Crippen LogP contribution < -0.4 is 0 Å². The zero-order chi connectivity index (χ0) is 18.4. The second-order valence-electron chi connectivity index (χ2n) is 7.98. The van der Waals surface area contributed by atoms with E-state index in [1.165, 1.54) is 36.8 Å². The van der Waals surface area contributed by atoms with Gasteiger partial charge in [-0.15, -0.1) is 0 Å². The summed E-state index contributed by atoms with van der Waals surface area (Å²) >= 11 is 0. The Kier molecular flexibility index (Phi) is 7.09. The van der Waals surface area contributed by atoms with E-state index >= 15 is 0 Å². The zero-order valence-corrected chi connectivity index (χ0v) is 16.5. The van der Waals surface area contributed by atoms with E-state index in [-0.39, 0.29) is 12.5 Å². The zero-order valence-electron chi connectivity index (χ0n) is 16.5. The molecule has 144 valence electrons. The maximum atomic E-state index is 12.5. The molecule has 1 amide bonds. The molecule has 0 unspecified atom stereocenters. The Balaban J connectivity index is 1.58. The van der Waals surface area contributed by atoms with Crippen LogP contribution in [0, 0.1) is 12.8 Å². The second-order valence-corrected chi connectivity index (χ2v) is 7.98. The third-order valence-electron chi connectivity index (χ3n) is 6.22. The predicted octanol–water partition coefficient (Wildman–Crippen LogP) is 3.62. The van der Waals surface area contributed by atoms with Gasteiger partial charge < -0.3 is 9.64 Å². The van der Waals surface area contributed by atoms with E-state index in [2.05, 4.69) is 41.0 Å². The van der Waals surface area contributed by atoms with Crippen LogP contribution in [0.4, 0.5) is 0 Å². The standard InChI is InChI=1S/C22H34N2O2/c1-18-8-5-6-9-20(18)16-23-14-11-19(12-15-23)21-10-4-3-7-13-24(21)22(25)17-26-2/h5-6,8-9,19,21H,3-4,7,10-17H2,1-2H3/t21-/m0/s1. The Hall–Kier alpha value is -1.39. The molecule has 2 aliphatic rings. The van der Waals surface area contributed by atoms with Gasteiger partial charge in [0.2, 0.25) is 5.91 Å². The van der Waals surface area contributed by atoms with Gasteiger partial charge in [-0.1, -0.05) is 37.1 Å². The first-order chi connectivity index (χ1) is 12.7. The fourth-order valence-corrected chi connectivity index (χ4v) is 4.66. The van der Waals surface area contributed by atoms with Gasteiger partial charge in [-0.2, -0.15) is 0 Å². The van der Waals surface area contributed by atoms with Crippen molar-refractivity contribution in [2.45, 2.75) is 58.0 Å². The SMILES string of the molecule is COCC(=O)N1CCCCC[C@H]1C1CCN(Cc2ccccc2C)CC1. The van der Waals surface area contributed by atoms with Crippen molar-refractivity contribution >= 4 is 5.91 Å². The quantitative estimate of drug-likeness (QED) is 0.806. The molecular formula is C22H34N2O2. The number of hydrogen-bond donors (Lipinski definition) is 0. The molecule has 4 heteroatoms. The molecule has 1 atom stereocenters. The lowest BCUT2D eigenvalue weighted by Gasteiger charge is -2.40. The third-order valence-corrected chi connectivity index (χ3v) is 6.22. The van der Waals surface area contributed by atoms with E-state index in [0.717, 1.165) is 39.0 Å². The van der Waals surface area contributed by atoms with Gasteiger partial charge in [-0.25, -0.2) is 0 Å². The molecule has 0 saturated carbocycles. The van der Waals surface area contributed by atoms with Crippen LogP contribution in [0.5, 0.6) is 0 Å². The number of hydrogen-bond acceptors (Lipinski definition) is 3. The first kappa shape index (κ1) is 19.4. The lowest BCUT2D eigenvalue weighted by molar-refractivity contribution is -0.139. The van der Waals surface area contributed by atoms with Gasteiger partial charge in [0.05, 0.1) is 0 Å². The van der Waals surface area contributed by atoms with Crippen LogP contribution >= 0.6 is 0 Å². The minimum absolute atomic E-state index is 0.182. The second kappa shape index (κ2) is 9.52. The van der Waals surface area contributed by atoms with Gasteiger partial charge in [0.1, 0.15) is 6.61 Å².